The minimum atomic E-state index is -3.81. The van der Waals surface area contributed by atoms with Gasteiger partial charge >= 0.3 is 0 Å². The number of sulfonamides is 1. The van der Waals surface area contributed by atoms with Gasteiger partial charge in [-0.1, -0.05) is 11.6 Å². The van der Waals surface area contributed by atoms with Crippen molar-refractivity contribution in [1.29, 1.82) is 0 Å². The van der Waals surface area contributed by atoms with Gasteiger partial charge in [0.2, 0.25) is 15.9 Å². The monoisotopic (exact) mass is 428 g/mol. The zero-order valence-corrected chi connectivity index (χ0v) is 17.1. The first-order valence-corrected chi connectivity index (χ1v) is 10.9. The van der Waals surface area contributed by atoms with E-state index >= 15 is 0 Å². The molecule has 0 bridgehead atoms. The van der Waals surface area contributed by atoms with Crippen molar-refractivity contribution >= 4 is 27.4 Å². The molecule has 0 amide bonds. The van der Waals surface area contributed by atoms with Gasteiger partial charge in [-0.15, -0.1) is 0 Å². The lowest BCUT2D eigenvalue weighted by molar-refractivity contribution is 0.309. The van der Waals surface area contributed by atoms with Gasteiger partial charge in [-0.3, -0.25) is 0 Å². The van der Waals surface area contributed by atoms with Crippen molar-refractivity contribution in [3.63, 3.8) is 0 Å². The van der Waals surface area contributed by atoms with E-state index < -0.39 is 15.8 Å². The number of halogens is 2. The first-order chi connectivity index (χ1) is 13.3. The molecule has 0 unspecified atom stereocenters. The van der Waals surface area contributed by atoms with Gasteiger partial charge in [-0.25, -0.2) is 22.5 Å². The SMILES string of the molecule is Cc1nc(OCCNS(=O)(=O)c2ccc(F)c(Cl)c2)cc(N2CCCCC2)n1. The first kappa shape index (κ1) is 20.8. The van der Waals surface area contributed by atoms with Crippen LogP contribution >= 0.6 is 11.6 Å². The van der Waals surface area contributed by atoms with Crippen LogP contribution in [0.2, 0.25) is 5.02 Å². The maximum absolute atomic E-state index is 13.2. The molecule has 7 nitrogen and oxygen atoms in total. The molecule has 1 saturated heterocycles. The minimum Gasteiger partial charge on any atom is -0.476 e. The van der Waals surface area contributed by atoms with Gasteiger partial charge in [-0.05, 0) is 44.4 Å². The maximum Gasteiger partial charge on any atom is 0.240 e. The summed E-state index contributed by atoms with van der Waals surface area (Å²) in [5.41, 5.74) is 0. The van der Waals surface area contributed by atoms with Gasteiger partial charge in [-0.2, -0.15) is 4.98 Å². The largest absolute Gasteiger partial charge is 0.476 e. The molecule has 1 aromatic carbocycles. The highest BCUT2D eigenvalue weighted by Gasteiger charge is 2.16. The van der Waals surface area contributed by atoms with Crippen molar-refractivity contribution in [3.05, 3.63) is 40.9 Å². The number of piperidine rings is 1. The van der Waals surface area contributed by atoms with Crippen LogP contribution in [0.3, 0.4) is 0 Å². The summed E-state index contributed by atoms with van der Waals surface area (Å²) >= 11 is 5.64. The number of rotatable bonds is 7. The van der Waals surface area contributed by atoms with Crippen molar-refractivity contribution in [2.24, 2.45) is 0 Å². The minimum absolute atomic E-state index is 0.0272. The van der Waals surface area contributed by atoms with Crippen LogP contribution in [0.15, 0.2) is 29.2 Å². The van der Waals surface area contributed by atoms with Gasteiger partial charge in [0.1, 0.15) is 24.1 Å². The highest BCUT2D eigenvalue weighted by molar-refractivity contribution is 7.89. The number of anilines is 1. The molecule has 0 aliphatic carbocycles. The Morgan fingerprint density at radius 1 is 1.21 bits per heavy atom. The second-order valence-electron chi connectivity index (χ2n) is 6.48. The number of benzene rings is 1. The maximum atomic E-state index is 13.2. The molecular formula is C18H22ClFN4O3S. The number of aryl methyl sites for hydroxylation is 1. The summed E-state index contributed by atoms with van der Waals surface area (Å²) in [4.78, 5) is 10.8. The van der Waals surface area contributed by atoms with E-state index in [4.69, 9.17) is 16.3 Å². The Hall–Kier alpha value is -1.97. The van der Waals surface area contributed by atoms with E-state index in [1.54, 1.807) is 13.0 Å². The van der Waals surface area contributed by atoms with Gasteiger partial charge in [0.25, 0.3) is 0 Å². The number of hydrogen-bond acceptors (Lipinski definition) is 6. The molecule has 0 saturated carbocycles. The highest BCUT2D eigenvalue weighted by atomic mass is 35.5. The predicted octanol–water partition coefficient (Wildman–Crippen LogP) is 2.93. The van der Waals surface area contributed by atoms with E-state index in [0.29, 0.717) is 11.7 Å². The molecule has 28 heavy (non-hydrogen) atoms. The molecule has 0 atom stereocenters. The Morgan fingerprint density at radius 2 is 1.96 bits per heavy atom. The lowest BCUT2D eigenvalue weighted by Gasteiger charge is -2.28. The van der Waals surface area contributed by atoms with Gasteiger partial charge in [0.05, 0.1) is 9.92 Å². The van der Waals surface area contributed by atoms with Crippen LogP contribution in [0.4, 0.5) is 10.2 Å². The lowest BCUT2D eigenvalue weighted by atomic mass is 10.1. The zero-order chi connectivity index (χ0) is 20.1. The zero-order valence-electron chi connectivity index (χ0n) is 15.5. The third kappa shape index (κ3) is 5.30. The Labute approximate surface area is 168 Å². The second-order valence-corrected chi connectivity index (χ2v) is 8.66. The number of nitrogens with zero attached hydrogens (tertiary/aromatic N) is 3. The first-order valence-electron chi connectivity index (χ1n) is 9.03. The van der Waals surface area contributed by atoms with E-state index in [2.05, 4.69) is 19.6 Å². The molecule has 1 aliphatic rings. The Kier molecular flexibility index (Phi) is 6.69. The Bertz CT molecular complexity index is 936. The van der Waals surface area contributed by atoms with Crippen LogP contribution in [0.1, 0.15) is 25.1 Å². The number of aromatic nitrogens is 2. The van der Waals surface area contributed by atoms with Crippen molar-refractivity contribution in [3.8, 4) is 5.88 Å². The fraction of sp³-hybridized carbons (Fsp3) is 0.444. The van der Waals surface area contributed by atoms with E-state index in [-0.39, 0.29) is 23.1 Å². The standard InChI is InChI=1S/C18H22ClFN4O3S/c1-13-22-17(24-8-3-2-4-9-24)12-18(23-13)27-10-7-21-28(25,26)14-5-6-16(20)15(19)11-14/h5-6,11-12,21H,2-4,7-10H2,1H3. The molecule has 1 fully saturated rings. The van der Waals surface area contributed by atoms with Gasteiger partial charge < -0.3 is 9.64 Å². The molecule has 152 valence electrons. The van der Waals surface area contributed by atoms with Crippen molar-refractivity contribution in [1.82, 2.24) is 14.7 Å². The summed E-state index contributed by atoms with van der Waals surface area (Å²) in [5.74, 6) is 1.15. The molecule has 1 N–H and O–H groups in total. The summed E-state index contributed by atoms with van der Waals surface area (Å²) in [6.45, 7) is 3.82. The normalized spacial score (nSPS) is 14.9. The van der Waals surface area contributed by atoms with E-state index in [9.17, 15) is 12.8 Å². The summed E-state index contributed by atoms with van der Waals surface area (Å²) in [6, 6.07) is 5.01. The van der Waals surface area contributed by atoms with E-state index in [1.165, 1.54) is 6.42 Å². The summed E-state index contributed by atoms with van der Waals surface area (Å²) in [7, 11) is -3.81. The Morgan fingerprint density at radius 3 is 2.68 bits per heavy atom. The quantitative estimate of drug-likeness (QED) is 0.682. The highest BCUT2D eigenvalue weighted by Crippen LogP contribution is 2.22. The number of nitrogens with one attached hydrogen (secondary N) is 1. The van der Waals surface area contributed by atoms with Crippen molar-refractivity contribution in [2.75, 3.05) is 31.1 Å². The summed E-state index contributed by atoms with van der Waals surface area (Å²) in [5, 5.41) is -0.249. The summed E-state index contributed by atoms with van der Waals surface area (Å²) in [6.07, 6.45) is 3.49. The van der Waals surface area contributed by atoms with Crippen LogP contribution in [-0.2, 0) is 10.0 Å². The topological polar surface area (TPSA) is 84.4 Å². The Balaban J connectivity index is 1.57. The van der Waals surface area contributed by atoms with Crippen LogP contribution in [0.25, 0.3) is 0 Å². The van der Waals surface area contributed by atoms with Crippen LogP contribution in [-0.4, -0.2) is 44.6 Å². The molecular weight excluding hydrogens is 407 g/mol. The average molecular weight is 429 g/mol. The molecule has 2 aromatic rings. The molecule has 0 radical (unpaired) electrons. The number of hydrogen-bond donors (Lipinski definition) is 1. The second kappa shape index (κ2) is 9.02. The van der Waals surface area contributed by atoms with E-state index in [1.807, 2.05) is 0 Å². The molecule has 10 heteroatoms. The average Bonchev–Trinajstić information content (AvgIpc) is 2.67. The van der Waals surface area contributed by atoms with E-state index in [0.717, 1.165) is 49.9 Å². The predicted molar refractivity (Wildman–Crippen MR) is 105 cm³/mol. The summed E-state index contributed by atoms with van der Waals surface area (Å²) < 4.78 is 45.7. The fourth-order valence-electron chi connectivity index (χ4n) is 2.94. The van der Waals surface area contributed by atoms with Crippen molar-refractivity contribution < 1.29 is 17.5 Å². The molecule has 2 heterocycles. The fourth-order valence-corrected chi connectivity index (χ4v) is 4.23. The third-order valence-corrected chi connectivity index (χ3v) is 6.07. The molecule has 1 aromatic heterocycles. The van der Waals surface area contributed by atoms with Crippen molar-refractivity contribution in [2.45, 2.75) is 31.1 Å². The third-order valence-electron chi connectivity index (χ3n) is 4.33. The molecule has 3 rings (SSSR count). The van der Waals surface area contributed by atoms with Gasteiger partial charge in [0, 0.05) is 25.7 Å². The van der Waals surface area contributed by atoms with Gasteiger partial charge in [0.15, 0.2) is 0 Å². The lowest BCUT2D eigenvalue weighted by Crippen LogP contribution is -2.30. The number of ether oxygens (including phenoxy) is 1. The van der Waals surface area contributed by atoms with Crippen LogP contribution in [0.5, 0.6) is 5.88 Å². The molecule has 0 spiro atoms. The van der Waals surface area contributed by atoms with Crippen LogP contribution in [0, 0.1) is 12.7 Å². The van der Waals surface area contributed by atoms with Crippen LogP contribution < -0.4 is 14.4 Å². The molecule has 1 aliphatic heterocycles. The smallest absolute Gasteiger partial charge is 0.240 e.